The first kappa shape index (κ1) is 17.5. The fourth-order valence-electron chi connectivity index (χ4n) is 3.46. The van der Waals surface area contributed by atoms with Gasteiger partial charge in [-0.15, -0.1) is 0 Å². The van der Waals surface area contributed by atoms with E-state index in [4.69, 9.17) is 0 Å². The van der Waals surface area contributed by atoms with E-state index in [2.05, 4.69) is 46.4 Å². The number of piperazine rings is 1. The third-order valence-corrected chi connectivity index (χ3v) is 5.06. The number of nitrogens with one attached hydrogen (secondary N) is 1. The molecule has 0 saturated carbocycles. The summed E-state index contributed by atoms with van der Waals surface area (Å²) in [7, 11) is 0. The van der Waals surface area contributed by atoms with Crippen molar-refractivity contribution in [1.29, 1.82) is 0 Å². The minimum absolute atomic E-state index is 0.0526. The quantitative estimate of drug-likeness (QED) is 0.771. The average molecular weight is 360 g/mol. The minimum Gasteiger partial charge on any atom is -0.322 e. The summed E-state index contributed by atoms with van der Waals surface area (Å²) in [5.41, 5.74) is 4.19. The minimum atomic E-state index is -0.0526. The molecule has 1 fully saturated rings. The number of carbonyl (C=O) groups is 1. The summed E-state index contributed by atoms with van der Waals surface area (Å²) in [6, 6.07) is 18.4. The highest BCUT2D eigenvalue weighted by molar-refractivity contribution is 5.99. The highest BCUT2D eigenvalue weighted by Gasteiger charge is 2.21. The lowest BCUT2D eigenvalue weighted by Crippen LogP contribution is -2.49. The van der Waals surface area contributed by atoms with Crippen LogP contribution in [0, 0.1) is 6.92 Å². The van der Waals surface area contributed by atoms with Crippen LogP contribution in [0.25, 0.3) is 10.9 Å². The van der Waals surface area contributed by atoms with Crippen LogP contribution in [0.15, 0.2) is 60.8 Å². The van der Waals surface area contributed by atoms with E-state index in [0.29, 0.717) is 0 Å². The Morgan fingerprint density at radius 2 is 1.74 bits per heavy atom. The number of hydrogen-bond donors (Lipinski definition) is 1. The molecule has 2 aromatic carbocycles. The molecule has 138 valence electrons. The predicted molar refractivity (Wildman–Crippen MR) is 109 cm³/mol. The van der Waals surface area contributed by atoms with E-state index in [-0.39, 0.29) is 6.03 Å². The van der Waals surface area contributed by atoms with E-state index in [9.17, 15) is 4.79 Å². The number of hydrogen-bond acceptors (Lipinski definition) is 3. The van der Waals surface area contributed by atoms with E-state index in [0.717, 1.165) is 49.3 Å². The molecule has 0 radical (unpaired) electrons. The smallest absolute Gasteiger partial charge is 0.321 e. The molecule has 1 aliphatic rings. The van der Waals surface area contributed by atoms with Gasteiger partial charge in [0.2, 0.25) is 0 Å². The number of rotatable bonds is 3. The van der Waals surface area contributed by atoms with Gasteiger partial charge in [0.05, 0.1) is 11.2 Å². The zero-order valence-corrected chi connectivity index (χ0v) is 15.6. The molecule has 1 aliphatic heterocycles. The van der Waals surface area contributed by atoms with Crippen molar-refractivity contribution < 1.29 is 4.79 Å². The maximum atomic E-state index is 12.7. The number of fused-ring (bicyclic) bond motifs is 1. The van der Waals surface area contributed by atoms with Crippen molar-refractivity contribution in [3.8, 4) is 0 Å². The van der Waals surface area contributed by atoms with Gasteiger partial charge in [-0.1, -0.05) is 48.0 Å². The molecule has 2 heterocycles. The fraction of sp³-hybridized carbons (Fsp3) is 0.273. The van der Waals surface area contributed by atoms with E-state index in [1.165, 1.54) is 11.1 Å². The Balaban J connectivity index is 1.35. The number of amides is 2. The molecule has 5 heteroatoms. The van der Waals surface area contributed by atoms with Gasteiger partial charge in [-0.2, -0.15) is 0 Å². The largest absolute Gasteiger partial charge is 0.322 e. The molecule has 0 unspecified atom stereocenters. The zero-order chi connectivity index (χ0) is 18.6. The van der Waals surface area contributed by atoms with Gasteiger partial charge >= 0.3 is 6.03 Å². The number of benzene rings is 2. The molecule has 4 rings (SSSR count). The van der Waals surface area contributed by atoms with Crippen molar-refractivity contribution in [2.45, 2.75) is 13.5 Å². The Kier molecular flexibility index (Phi) is 5.03. The average Bonchev–Trinajstić information content (AvgIpc) is 2.70. The van der Waals surface area contributed by atoms with Gasteiger partial charge in [-0.25, -0.2) is 4.79 Å². The summed E-state index contributed by atoms with van der Waals surface area (Å²) >= 11 is 0. The molecule has 1 saturated heterocycles. The summed E-state index contributed by atoms with van der Waals surface area (Å²) in [4.78, 5) is 21.4. The van der Waals surface area contributed by atoms with Crippen molar-refractivity contribution in [2.24, 2.45) is 0 Å². The van der Waals surface area contributed by atoms with Crippen LogP contribution < -0.4 is 5.32 Å². The molecular formula is C22H24N4O. The Morgan fingerprint density at radius 3 is 2.52 bits per heavy atom. The lowest BCUT2D eigenvalue weighted by Gasteiger charge is -2.34. The topological polar surface area (TPSA) is 48.5 Å². The van der Waals surface area contributed by atoms with Gasteiger partial charge in [-0.05, 0) is 24.6 Å². The van der Waals surface area contributed by atoms with E-state index in [1.807, 2.05) is 35.2 Å². The van der Waals surface area contributed by atoms with Crippen LogP contribution in [0.3, 0.4) is 0 Å². The summed E-state index contributed by atoms with van der Waals surface area (Å²) in [6.45, 7) is 6.27. The monoisotopic (exact) mass is 360 g/mol. The molecule has 3 aromatic rings. The number of urea groups is 1. The van der Waals surface area contributed by atoms with Gasteiger partial charge < -0.3 is 10.2 Å². The number of aryl methyl sites for hydroxylation is 1. The highest BCUT2D eigenvalue weighted by atomic mass is 16.2. The first-order valence-corrected chi connectivity index (χ1v) is 9.36. The Labute approximate surface area is 159 Å². The third kappa shape index (κ3) is 4.09. The first-order valence-electron chi connectivity index (χ1n) is 9.36. The van der Waals surface area contributed by atoms with Gasteiger partial charge in [0, 0.05) is 44.3 Å². The van der Waals surface area contributed by atoms with Gasteiger partial charge in [-0.3, -0.25) is 9.88 Å². The standard InChI is InChI=1S/C22H24N4O/c1-17-7-9-18(10-8-17)16-25-12-14-26(15-13-25)22(27)24-20-6-2-4-19-5-3-11-23-21(19)20/h2-11H,12-16H2,1H3,(H,24,27). The third-order valence-electron chi connectivity index (χ3n) is 5.06. The molecule has 0 spiro atoms. The van der Waals surface area contributed by atoms with Crippen molar-refractivity contribution in [2.75, 3.05) is 31.5 Å². The zero-order valence-electron chi connectivity index (χ0n) is 15.6. The molecule has 2 amide bonds. The van der Waals surface area contributed by atoms with Crippen LogP contribution in [-0.2, 0) is 6.54 Å². The number of nitrogens with zero attached hydrogens (tertiary/aromatic N) is 3. The second kappa shape index (κ2) is 7.76. The number of para-hydroxylation sites is 1. The number of pyridine rings is 1. The molecule has 5 nitrogen and oxygen atoms in total. The highest BCUT2D eigenvalue weighted by Crippen LogP contribution is 2.21. The molecule has 1 N–H and O–H groups in total. The van der Waals surface area contributed by atoms with Gasteiger partial charge in [0.25, 0.3) is 0 Å². The normalized spacial score (nSPS) is 15.1. The van der Waals surface area contributed by atoms with Crippen molar-refractivity contribution in [1.82, 2.24) is 14.8 Å². The van der Waals surface area contributed by atoms with Gasteiger partial charge in [0.1, 0.15) is 0 Å². The fourth-order valence-corrected chi connectivity index (χ4v) is 3.46. The van der Waals surface area contributed by atoms with Crippen molar-refractivity contribution in [3.63, 3.8) is 0 Å². The molecule has 0 bridgehead atoms. The number of aromatic nitrogens is 1. The number of anilines is 1. The second-order valence-electron chi connectivity index (χ2n) is 7.06. The van der Waals surface area contributed by atoms with Gasteiger partial charge in [0.15, 0.2) is 0 Å². The Bertz CT molecular complexity index is 925. The van der Waals surface area contributed by atoms with Crippen LogP contribution in [0.5, 0.6) is 0 Å². The van der Waals surface area contributed by atoms with Crippen LogP contribution in [-0.4, -0.2) is 47.0 Å². The van der Waals surface area contributed by atoms with E-state index < -0.39 is 0 Å². The van der Waals surface area contributed by atoms with Crippen LogP contribution >= 0.6 is 0 Å². The van der Waals surface area contributed by atoms with Crippen molar-refractivity contribution >= 4 is 22.6 Å². The molecule has 1 aromatic heterocycles. The predicted octanol–water partition coefficient (Wildman–Crippen LogP) is 3.89. The number of carbonyl (C=O) groups excluding carboxylic acids is 1. The summed E-state index contributed by atoms with van der Waals surface area (Å²) in [5, 5.41) is 4.06. The first-order chi connectivity index (χ1) is 13.2. The molecule has 0 aliphatic carbocycles. The second-order valence-corrected chi connectivity index (χ2v) is 7.06. The Morgan fingerprint density at radius 1 is 1.00 bits per heavy atom. The summed E-state index contributed by atoms with van der Waals surface area (Å²) in [5.74, 6) is 0. The van der Waals surface area contributed by atoms with Crippen LogP contribution in [0.2, 0.25) is 0 Å². The maximum Gasteiger partial charge on any atom is 0.321 e. The SMILES string of the molecule is Cc1ccc(CN2CCN(C(=O)Nc3cccc4cccnc34)CC2)cc1. The van der Waals surface area contributed by atoms with Crippen molar-refractivity contribution in [3.05, 3.63) is 71.9 Å². The van der Waals surface area contributed by atoms with E-state index >= 15 is 0 Å². The lowest BCUT2D eigenvalue weighted by atomic mass is 10.1. The van der Waals surface area contributed by atoms with E-state index in [1.54, 1.807) is 6.20 Å². The maximum absolute atomic E-state index is 12.7. The lowest BCUT2D eigenvalue weighted by molar-refractivity contribution is 0.143. The molecule has 0 atom stereocenters. The van der Waals surface area contributed by atoms with Crippen LogP contribution in [0.1, 0.15) is 11.1 Å². The summed E-state index contributed by atoms with van der Waals surface area (Å²) < 4.78 is 0. The summed E-state index contributed by atoms with van der Waals surface area (Å²) in [6.07, 6.45) is 1.75. The molecule has 27 heavy (non-hydrogen) atoms. The van der Waals surface area contributed by atoms with Crippen LogP contribution in [0.4, 0.5) is 10.5 Å². The Hall–Kier alpha value is -2.92. The molecular weight excluding hydrogens is 336 g/mol.